The summed E-state index contributed by atoms with van der Waals surface area (Å²) in [7, 11) is 0. The minimum Gasteiger partial charge on any atom is -0.478 e. The largest absolute Gasteiger partial charge is 0.478 e. The molecule has 1 aromatic heterocycles. The van der Waals surface area contributed by atoms with E-state index in [4.69, 9.17) is 14.8 Å². The van der Waals surface area contributed by atoms with Crippen molar-refractivity contribution in [1.29, 1.82) is 5.26 Å². The van der Waals surface area contributed by atoms with Crippen LogP contribution < -0.4 is 0 Å². The molecule has 96 valence electrons. The summed E-state index contributed by atoms with van der Waals surface area (Å²) >= 11 is 0. The van der Waals surface area contributed by atoms with Crippen molar-refractivity contribution in [3.8, 4) is 17.5 Å². The molecule has 0 aliphatic heterocycles. The Bertz CT molecular complexity index is 842. The van der Waals surface area contributed by atoms with E-state index in [1.54, 1.807) is 30.3 Å². The molecule has 0 spiro atoms. The van der Waals surface area contributed by atoms with Gasteiger partial charge in [-0.15, -0.1) is 0 Å². The zero-order valence-corrected chi connectivity index (χ0v) is 10.2. The first-order valence-electron chi connectivity index (χ1n) is 5.82. The molecule has 5 heteroatoms. The van der Waals surface area contributed by atoms with Gasteiger partial charge in [0.25, 0.3) is 0 Å². The number of nitrogens with zero attached hydrogens (tertiary/aromatic N) is 2. The molecule has 1 heterocycles. The standard InChI is InChI=1S/C15H8N2O3/c16-8-9-1-6-13-12(7-9)17-14(20-13)10-2-4-11(5-3-10)15(18)19/h1-7H,(H,18,19). The van der Waals surface area contributed by atoms with Gasteiger partial charge in [-0.3, -0.25) is 0 Å². The second-order valence-corrected chi connectivity index (χ2v) is 4.20. The number of hydrogen-bond acceptors (Lipinski definition) is 4. The van der Waals surface area contributed by atoms with Crippen LogP contribution in [0.25, 0.3) is 22.6 Å². The van der Waals surface area contributed by atoms with Crippen LogP contribution >= 0.6 is 0 Å². The Hall–Kier alpha value is -3.13. The van der Waals surface area contributed by atoms with Crippen molar-refractivity contribution in [3.05, 3.63) is 53.6 Å². The number of aromatic carboxylic acids is 1. The highest BCUT2D eigenvalue weighted by molar-refractivity contribution is 5.88. The fourth-order valence-corrected chi connectivity index (χ4v) is 1.88. The minimum atomic E-state index is -0.979. The fourth-order valence-electron chi connectivity index (χ4n) is 1.88. The summed E-state index contributed by atoms with van der Waals surface area (Å²) in [5, 5.41) is 17.7. The van der Waals surface area contributed by atoms with Crippen LogP contribution in [0.15, 0.2) is 46.9 Å². The number of aromatic nitrogens is 1. The van der Waals surface area contributed by atoms with E-state index in [9.17, 15) is 4.79 Å². The Morgan fingerprint density at radius 1 is 1.20 bits per heavy atom. The lowest BCUT2D eigenvalue weighted by molar-refractivity contribution is 0.0697. The molecule has 0 saturated heterocycles. The molecule has 5 nitrogen and oxygen atoms in total. The summed E-state index contributed by atoms with van der Waals surface area (Å²) in [6.45, 7) is 0. The van der Waals surface area contributed by atoms with Crippen LogP contribution in [0.3, 0.4) is 0 Å². The molecular weight excluding hydrogens is 256 g/mol. The van der Waals surface area contributed by atoms with E-state index in [0.717, 1.165) is 0 Å². The third-order valence-corrected chi connectivity index (χ3v) is 2.90. The Morgan fingerprint density at radius 3 is 2.60 bits per heavy atom. The van der Waals surface area contributed by atoms with Gasteiger partial charge in [0.2, 0.25) is 5.89 Å². The highest BCUT2D eigenvalue weighted by Crippen LogP contribution is 2.25. The van der Waals surface area contributed by atoms with Gasteiger partial charge in [-0.25, -0.2) is 9.78 Å². The molecule has 0 fully saturated rings. The summed E-state index contributed by atoms with van der Waals surface area (Å²) in [5.74, 6) is -0.584. The fraction of sp³-hybridized carbons (Fsp3) is 0. The molecule has 20 heavy (non-hydrogen) atoms. The molecule has 0 aliphatic carbocycles. The quantitative estimate of drug-likeness (QED) is 0.768. The van der Waals surface area contributed by atoms with Crippen LogP contribution in [-0.2, 0) is 0 Å². The summed E-state index contributed by atoms with van der Waals surface area (Å²) < 4.78 is 5.59. The number of hydrogen-bond donors (Lipinski definition) is 1. The average molecular weight is 264 g/mol. The Morgan fingerprint density at radius 2 is 1.95 bits per heavy atom. The van der Waals surface area contributed by atoms with Crippen molar-refractivity contribution in [2.45, 2.75) is 0 Å². The molecule has 0 aliphatic rings. The maximum absolute atomic E-state index is 10.8. The van der Waals surface area contributed by atoms with Gasteiger partial charge in [-0.2, -0.15) is 5.26 Å². The normalized spacial score (nSPS) is 10.3. The molecular formula is C15H8N2O3. The predicted octanol–water partition coefficient (Wildman–Crippen LogP) is 3.06. The molecule has 0 amide bonds. The Labute approximate surface area is 113 Å². The van der Waals surface area contributed by atoms with Gasteiger partial charge < -0.3 is 9.52 Å². The molecule has 1 N–H and O–H groups in total. The van der Waals surface area contributed by atoms with E-state index >= 15 is 0 Å². The average Bonchev–Trinajstić information content (AvgIpc) is 2.90. The lowest BCUT2D eigenvalue weighted by Crippen LogP contribution is -1.94. The van der Waals surface area contributed by atoms with Crippen LogP contribution in [0.2, 0.25) is 0 Å². The monoisotopic (exact) mass is 264 g/mol. The third kappa shape index (κ3) is 1.99. The van der Waals surface area contributed by atoms with Gasteiger partial charge in [0.05, 0.1) is 17.2 Å². The van der Waals surface area contributed by atoms with Gasteiger partial charge in [0.15, 0.2) is 5.58 Å². The van der Waals surface area contributed by atoms with Crippen molar-refractivity contribution < 1.29 is 14.3 Å². The van der Waals surface area contributed by atoms with Gasteiger partial charge in [0.1, 0.15) is 5.52 Å². The van der Waals surface area contributed by atoms with Crippen LogP contribution in [0.5, 0.6) is 0 Å². The Balaban J connectivity index is 2.05. The summed E-state index contributed by atoms with van der Waals surface area (Å²) in [6, 6.07) is 13.3. The first-order chi connectivity index (χ1) is 9.67. The zero-order valence-electron chi connectivity index (χ0n) is 10.2. The second kappa shape index (κ2) is 4.52. The van der Waals surface area contributed by atoms with Crippen molar-refractivity contribution in [2.75, 3.05) is 0 Å². The van der Waals surface area contributed by atoms with E-state index in [0.29, 0.717) is 28.1 Å². The third-order valence-electron chi connectivity index (χ3n) is 2.90. The molecule has 0 radical (unpaired) electrons. The molecule has 0 saturated carbocycles. The van der Waals surface area contributed by atoms with Crippen LogP contribution in [-0.4, -0.2) is 16.1 Å². The van der Waals surface area contributed by atoms with E-state index in [2.05, 4.69) is 4.98 Å². The number of carboxylic acids is 1. The molecule has 3 aromatic rings. The summed E-state index contributed by atoms with van der Waals surface area (Å²) in [4.78, 5) is 15.1. The number of rotatable bonds is 2. The molecule has 3 rings (SSSR count). The van der Waals surface area contributed by atoms with Crippen molar-refractivity contribution in [1.82, 2.24) is 4.98 Å². The van der Waals surface area contributed by atoms with Crippen molar-refractivity contribution in [2.24, 2.45) is 0 Å². The van der Waals surface area contributed by atoms with Gasteiger partial charge >= 0.3 is 5.97 Å². The number of nitriles is 1. The number of fused-ring (bicyclic) bond motifs is 1. The van der Waals surface area contributed by atoms with E-state index in [1.807, 2.05) is 6.07 Å². The molecule has 0 atom stereocenters. The van der Waals surface area contributed by atoms with E-state index in [1.165, 1.54) is 12.1 Å². The highest BCUT2D eigenvalue weighted by Gasteiger charge is 2.10. The van der Waals surface area contributed by atoms with Gasteiger partial charge in [0, 0.05) is 5.56 Å². The van der Waals surface area contributed by atoms with Gasteiger partial charge in [-0.05, 0) is 42.5 Å². The number of carbonyl (C=O) groups is 1. The van der Waals surface area contributed by atoms with Crippen LogP contribution in [0.1, 0.15) is 15.9 Å². The zero-order chi connectivity index (χ0) is 14.1. The number of benzene rings is 2. The smallest absolute Gasteiger partial charge is 0.335 e. The Kier molecular flexibility index (Phi) is 2.70. The lowest BCUT2D eigenvalue weighted by atomic mass is 10.1. The van der Waals surface area contributed by atoms with E-state index in [-0.39, 0.29) is 5.56 Å². The summed E-state index contributed by atoms with van der Waals surface area (Å²) in [6.07, 6.45) is 0. The van der Waals surface area contributed by atoms with E-state index < -0.39 is 5.97 Å². The van der Waals surface area contributed by atoms with Gasteiger partial charge in [-0.1, -0.05) is 0 Å². The van der Waals surface area contributed by atoms with Crippen LogP contribution in [0, 0.1) is 11.3 Å². The second-order valence-electron chi connectivity index (χ2n) is 4.20. The van der Waals surface area contributed by atoms with Crippen molar-refractivity contribution in [3.63, 3.8) is 0 Å². The maximum atomic E-state index is 10.8. The SMILES string of the molecule is N#Cc1ccc2oc(-c3ccc(C(=O)O)cc3)nc2c1. The lowest BCUT2D eigenvalue weighted by Gasteiger charge is -1.96. The molecule has 0 unspecified atom stereocenters. The number of oxazole rings is 1. The first-order valence-corrected chi connectivity index (χ1v) is 5.82. The topological polar surface area (TPSA) is 87.1 Å². The first kappa shape index (κ1) is 11.9. The maximum Gasteiger partial charge on any atom is 0.335 e. The summed E-state index contributed by atoms with van der Waals surface area (Å²) in [5.41, 5.74) is 2.59. The number of carboxylic acid groups (broad SMARTS) is 1. The molecule has 2 aromatic carbocycles. The predicted molar refractivity (Wildman–Crippen MR) is 71.1 cm³/mol. The molecule has 0 bridgehead atoms. The highest BCUT2D eigenvalue weighted by atomic mass is 16.4. The minimum absolute atomic E-state index is 0.205. The van der Waals surface area contributed by atoms with Crippen LogP contribution in [0.4, 0.5) is 0 Å². The van der Waals surface area contributed by atoms with Crippen molar-refractivity contribution >= 4 is 17.1 Å².